The second kappa shape index (κ2) is 6.71. The Morgan fingerprint density at radius 3 is 2.50 bits per heavy atom. The number of hydrogen-bond acceptors (Lipinski definition) is 3. The molecule has 1 heterocycles. The van der Waals surface area contributed by atoms with Crippen LogP contribution in [0.4, 0.5) is 0 Å². The summed E-state index contributed by atoms with van der Waals surface area (Å²) in [6.07, 6.45) is 0. The molecule has 1 atom stereocenters. The molecule has 0 aliphatic heterocycles. The van der Waals surface area contributed by atoms with Gasteiger partial charge >= 0.3 is 0 Å². The number of rotatable bonds is 5. The molecule has 3 rings (SSSR count). The van der Waals surface area contributed by atoms with Gasteiger partial charge in [0, 0.05) is 28.2 Å². The molecule has 2 aromatic carbocycles. The first-order valence-electron chi connectivity index (χ1n) is 7.13. The summed E-state index contributed by atoms with van der Waals surface area (Å²) in [5.74, 6) is 1.66. The SMILES string of the molecule is Cc1ccccc1CS(=O)Cc1cc(-c2ccccc2)on1. The predicted octanol–water partition coefficient (Wildman–Crippen LogP) is 4.10. The largest absolute Gasteiger partial charge is 0.356 e. The minimum absolute atomic E-state index is 0.407. The third-order valence-corrected chi connectivity index (χ3v) is 4.75. The van der Waals surface area contributed by atoms with Crippen LogP contribution in [0.2, 0.25) is 0 Å². The Hall–Kier alpha value is -2.20. The van der Waals surface area contributed by atoms with Crippen LogP contribution < -0.4 is 0 Å². The molecule has 0 amide bonds. The van der Waals surface area contributed by atoms with Crippen molar-refractivity contribution < 1.29 is 8.73 Å². The van der Waals surface area contributed by atoms with Crippen LogP contribution in [0.15, 0.2) is 65.2 Å². The van der Waals surface area contributed by atoms with E-state index in [4.69, 9.17) is 4.52 Å². The molecule has 0 fully saturated rings. The van der Waals surface area contributed by atoms with E-state index < -0.39 is 10.8 Å². The van der Waals surface area contributed by atoms with Crippen molar-refractivity contribution >= 4 is 10.8 Å². The van der Waals surface area contributed by atoms with Gasteiger partial charge in [0.25, 0.3) is 0 Å². The lowest BCUT2D eigenvalue weighted by Crippen LogP contribution is -2.01. The van der Waals surface area contributed by atoms with Gasteiger partial charge in [-0.2, -0.15) is 0 Å². The summed E-state index contributed by atoms with van der Waals surface area (Å²) in [6, 6.07) is 19.7. The Morgan fingerprint density at radius 2 is 1.73 bits per heavy atom. The molecule has 0 saturated heterocycles. The van der Waals surface area contributed by atoms with Crippen LogP contribution in [-0.2, 0) is 22.3 Å². The third-order valence-electron chi connectivity index (χ3n) is 3.50. The molecule has 4 heteroatoms. The molecule has 1 aromatic heterocycles. The van der Waals surface area contributed by atoms with Gasteiger partial charge in [-0.25, -0.2) is 0 Å². The van der Waals surface area contributed by atoms with E-state index in [0.29, 0.717) is 17.3 Å². The highest BCUT2D eigenvalue weighted by molar-refractivity contribution is 7.83. The quantitative estimate of drug-likeness (QED) is 0.712. The minimum atomic E-state index is -0.998. The molecule has 0 aliphatic carbocycles. The standard InChI is InChI=1S/C18H17NO2S/c1-14-7-5-6-10-16(14)12-22(20)13-17-11-18(21-19-17)15-8-3-2-4-9-15/h2-11H,12-13H2,1H3. The van der Waals surface area contributed by atoms with Crippen molar-refractivity contribution in [1.29, 1.82) is 0 Å². The van der Waals surface area contributed by atoms with Crippen molar-refractivity contribution in [2.45, 2.75) is 18.4 Å². The molecule has 0 spiro atoms. The fourth-order valence-corrected chi connectivity index (χ4v) is 3.52. The van der Waals surface area contributed by atoms with Gasteiger partial charge in [0.2, 0.25) is 0 Å². The van der Waals surface area contributed by atoms with Gasteiger partial charge in [-0.1, -0.05) is 59.8 Å². The monoisotopic (exact) mass is 311 g/mol. The maximum atomic E-state index is 12.3. The first kappa shape index (κ1) is 14.7. The van der Waals surface area contributed by atoms with Crippen LogP contribution in [0.3, 0.4) is 0 Å². The van der Waals surface area contributed by atoms with Crippen molar-refractivity contribution in [3.8, 4) is 11.3 Å². The Morgan fingerprint density at radius 1 is 1.00 bits per heavy atom. The fourth-order valence-electron chi connectivity index (χ4n) is 2.28. The van der Waals surface area contributed by atoms with Gasteiger partial charge in [0.15, 0.2) is 5.76 Å². The first-order chi connectivity index (χ1) is 10.7. The maximum absolute atomic E-state index is 12.3. The van der Waals surface area contributed by atoms with E-state index in [0.717, 1.165) is 16.8 Å². The molecule has 3 nitrogen and oxygen atoms in total. The number of hydrogen-bond donors (Lipinski definition) is 0. The van der Waals surface area contributed by atoms with Crippen LogP contribution in [0.25, 0.3) is 11.3 Å². The Bertz CT molecular complexity index is 781. The second-order valence-electron chi connectivity index (χ2n) is 5.20. The van der Waals surface area contributed by atoms with E-state index in [-0.39, 0.29) is 0 Å². The number of aryl methyl sites for hydroxylation is 1. The Kier molecular flexibility index (Phi) is 4.49. The average Bonchev–Trinajstić information content (AvgIpc) is 2.99. The highest BCUT2D eigenvalue weighted by Crippen LogP contribution is 2.21. The molecule has 22 heavy (non-hydrogen) atoms. The zero-order chi connectivity index (χ0) is 15.4. The number of nitrogens with zero attached hydrogens (tertiary/aromatic N) is 1. The topological polar surface area (TPSA) is 43.1 Å². The normalized spacial score (nSPS) is 12.2. The van der Waals surface area contributed by atoms with Crippen molar-refractivity contribution in [1.82, 2.24) is 5.16 Å². The molecule has 0 radical (unpaired) electrons. The summed E-state index contributed by atoms with van der Waals surface area (Å²) in [7, 11) is -0.998. The summed E-state index contributed by atoms with van der Waals surface area (Å²) in [6.45, 7) is 2.04. The van der Waals surface area contributed by atoms with Crippen LogP contribution in [-0.4, -0.2) is 9.37 Å². The summed E-state index contributed by atoms with van der Waals surface area (Å²) in [5, 5.41) is 4.03. The number of aromatic nitrogens is 1. The molecule has 0 bridgehead atoms. The molecule has 0 aliphatic rings. The second-order valence-corrected chi connectivity index (χ2v) is 6.66. The highest BCUT2D eigenvalue weighted by atomic mass is 32.2. The third kappa shape index (κ3) is 3.52. The maximum Gasteiger partial charge on any atom is 0.167 e. The van der Waals surface area contributed by atoms with Crippen LogP contribution in [0, 0.1) is 6.92 Å². The van der Waals surface area contributed by atoms with Crippen molar-refractivity contribution in [2.24, 2.45) is 0 Å². The van der Waals surface area contributed by atoms with Gasteiger partial charge in [0.1, 0.15) is 0 Å². The van der Waals surface area contributed by atoms with Crippen molar-refractivity contribution in [2.75, 3.05) is 0 Å². The lowest BCUT2D eigenvalue weighted by atomic mass is 10.1. The Labute approximate surface area is 132 Å². The fraction of sp³-hybridized carbons (Fsp3) is 0.167. The van der Waals surface area contributed by atoms with Crippen molar-refractivity contribution in [3.05, 3.63) is 77.5 Å². The smallest absolute Gasteiger partial charge is 0.167 e. The van der Waals surface area contributed by atoms with Crippen molar-refractivity contribution in [3.63, 3.8) is 0 Å². The Balaban J connectivity index is 1.68. The van der Waals surface area contributed by atoms with Crippen LogP contribution in [0.5, 0.6) is 0 Å². The molecule has 3 aromatic rings. The van der Waals surface area contributed by atoms with E-state index in [1.54, 1.807) is 0 Å². The highest BCUT2D eigenvalue weighted by Gasteiger charge is 2.11. The summed E-state index contributed by atoms with van der Waals surface area (Å²) >= 11 is 0. The summed E-state index contributed by atoms with van der Waals surface area (Å²) < 4.78 is 17.7. The van der Waals surface area contributed by atoms with E-state index in [9.17, 15) is 4.21 Å². The lowest BCUT2D eigenvalue weighted by molar-refractivity contribution is 0.426. The molecule has 112 valence electrons. The van der Waals surface area contributed by atoms with E-state index in [1.165, 1.54) is 5.56 Å². The first-order valence-corrected chi connectivity index (χ1v) is 8.61. The molecular weight excluding hydrogens is 294 g/mol. The molecule has 1 unspecified atom stereocenters. The van der Waals surface area contributed by atoms with E-state index in [1.807, 2.05) is 67.6 Å². The zero-order valence-corrected chi connectivity index (χ0v) is 13.2. The summed E-state index contributed by atoms with van der Waals surface area (Å²) in [5.41, 5.74) is 3.99. The van der Waals surface area contributed by atoms with Crippen LogP contribution >= 0.6 is 0 Å². The number of benzene rings is 2. The molecule has 0 N–H and O–H groups in total. The average molecular weight is 311 g/mol. The van der Waals surface area contributed by atoms with E-state index in [2.05, 4.69) is 5.16 Å². The minimum Gasteiger partial charge on any atom is -0.356 e. The van der Waals surface area contributed by atoms with Gasteiger partial charge < -0.3 is 4.52 Å². The van der Waals surface area contributed by atoms with Gasteiger partial charge in [0.05, 0.1) is 11.4 Å². The summed E-state index contributed by atoms with van der Waals surface area (Å²) in [4.78, 5) is 0. The predicted molar refractivity (Wildman–Crippen MR) is 88.7 cm³/mol. The molecule has 0 saturated carbocycles. The van der Waals surface area contributed by atoms with Gasteiger partial charge in [-0.3, -0.25) is 4.21 Å². The zero-order valence-electron chi connectivity index (χ0n) is 12.4. The lowest BCUT2D eigenvalue weighted by Gasteiger charge is -2.04. The van der Waals surface area contributed by atoms with E-state index >= 15 is 0 Å². The molecular formula is C18H17NO2S. The van der Waals surface area contributed by atoms with Gasteiger partial charge in [-0.05, 0) is 18.1 Å². The van der Waals surface area contributed by atoms with Gasteiger partial charge in [-0.15, -0.1) is 0 Å². The van der Waals surface area contributed by atoms with Crippen LogP contribution in [0.1, 0.15) is 16.8 Å².